The molecular formula is C18H19N3. The minimum atomic E-state index is 1.06. The summed E-state index contributed by atoms with van der Waals surface area (Å²) in [6.45, 7) is 4.48. The molecule has 0 aliphatic carbocycles. The van der Waals surface area contributed by atoms with Gasteiger partial charge in [-0.1, -0.05) is 24.3 Å². The Morgan fingerprint density at radius 3 is 3.00 bits per heavy atom. The second-order valence-electron chi connectivity index (χ2n) is 5.64. The third kappa shape index (κ3) is 2.00. The fourth-order valence-corrected chi connectivity index (χ4v) is 3.33. The first-order valence-corrected chi connectivity index (χ1v) is 7.68. The van der Waals surface area contributed by atoms with Crippen LogP contribution in [0.4, 0.5) is 5.69 Å². The van der Waals surface area contributed by atoms with Crippen LogP contribution in [0.1, 0.15) is 18.9 Å². The van der Waals surface area contributed by atoms with E-state index in [2.05, 4.69) is 58.4 Å². The van der Waals surface area contributed by atoms with Gasteiger partial charge in [0.2, 0.25) is 0 Å². The van der Waals surface area contributed by atoms with Gasteiger partial charge in [-0.05, 0) is 43.5 Å². The Balaban J connectivity index is 1.83. The number of hydrogen-bond acceptors (Lipinski definition) is 2. The van der Waals surface area contributed by atoms with Gasteiger partial charge in [0.05, 0.1) is 11.2 Å². The third-order valence-electron chi connectivity index (χ3n) is 4.42. The molecule has 21 heavy (non-hydrogen) atoms. The summed E-state index contributed by atoms with van der Waals surface area (Å²) in [4.78, 5) is 2.46. The number of fused-ring (bicyclic) bond motifs is 2. The molecule has 1 N–H and O–H groups in total. The lowest BCUT2D eigenvalue weighted by molar-refractivity contribution is 0.708. The van der Waals surface area contributed by atoms with E-state index < -0.39 is 0 Å². The van der Waals surface area contributed by atoms with Crippen LogP contribution in [-0.2, 0) is 6.42 Å². The Morgan fingerprint density at radius 2 is 2.10 bits per heavy atom. The highest BCUT2D eigenvalue weighted by Crippen LogP contribution is 2.33. The number of rotatable bonds is 2. The zero-order valence-electron chi connectivity index (χ0n) is 12.3. The van der Waals surface area contributed by atoms with Gasteiger partial charge >= 0.3 is 0 Å². The van der Waals surface area contributed by atoms with E-state index in [9.17, 15) is 0 Å². The largest absolute Gasteiger partial charge is 0.372 e. The number of para-hydroxylation sites is 1. The first kappa shape index (κ1) is 12.5. The molecule has 0 spiro atoms. The molecule has 2 heterocycles. The molecule has 0 amide bonds. The maximum atomic E-state index is 4.52. The van der Waals surface area contributed by atoms with Gasteiger partial charge in [-0.25, -0.2) is 0 Å². The molecule has 0 fully saturated rings. The van der Waals surface area contributed by atoms with E-state index in [1.54, 1.807) is 0 Å². The molecule has 0 radical (unpaired) electrons. The quantitative estimate of drug-likeness (QED) is 0.767. The predicted molar refractivity (Wildman–Crippen MR) is 87.7 cm³/mol. The van der Waals surface area contributed by atoms with Crippen molar-refractivity contribution in [3.05, 3.63) is 48.0 Å². The van der Waals surface area contributed by atoms with Crippen LogP contribution in [0.25, 0.3) is 22.2 Å². The van der Waals surface area contributed by atoms with Gasteiger partial charge in [-0.15, -0.1) is 0 Å². The van der Waals surface area contributed by atoms with Crippen molar-refractivity contribution in [3.63, 3.8) is 0 Å². The molecule has 4 rings (SSSR count). The van der Waals surface area contributed by atoms with Crippen LogP contribution < -0.4 is 4.90 Å². The first-order valence-electron chi connectivity index (χ1n) is 7.68. The van der Waals surface area contributed by atoms with E-state index in [-0.39, 0.29) is 0 Å². The summed E-state index contributed by atoms with van der Waals surface area (Å²) in [7, 11) is 0. The van der Waals surface area contributed by atoms with Gasteiger partial charge in [0, 0.05) is 29.7 Å². The van der Waals surface area contributed by atoms with Crippen LogP contribution >= 0.6 is 0 Å². The minimum absolute atomic E-state index is 1.06. The summed E-state index contributed by atoms with van der Waals surface area (Å²) in [6.07, 6.45) is 2.41. The minimum Gasteiger partial charge on any atom is -0.372 e. The molecule has 1 aliphatic rings. The highest BCUT2D eigenvalue weighted by molar-refractivity contribution is 5.93. The standard InChI is InChI=1S/C18H19N3/c1-2-21-11-5-6-13-12-14(9-10-17(13)21)18-15-7-3-4-8-16(15)19-20-18/h3-4,7-10,12H,2,5-6,11H2,1H3,(H,19,20). The number of nitrogens with one attached hydrogen (secondary N) is 1. The maximum Gasteiger partial charge on any atom is 0.0999 e. The fraction of sp³-hybridized carbons (Fsp3) is 0.278. The summed E-state index contributed by atoms with van der Waals surface area (Å²) in [6, 6.07) is 15.1. The number of H-pyrrole nitrogens is 1. The van der Waals surface area contributed by atoms with E-state index in [1.807, 2.05) is 6.07 Å². The molecule has 106 valence electrons. The summed E-state index contributed by atoms with van der Waals surface area (Å²) >= 11 is 0. The molecule has 0 unspecified atom stereocenters. The second kappa shape index (κ2) is 4.92. The van der Waals surface area contributed by atoms with Crippen LogP contribution in [0.3, 0.4) is 0 Å². The molecular weight excluding hydrogens is 258 g/mol. The van der Waals surface area contributed by atoms with Crippen molar-refractivity contribution in [2.75, 3.05) is 18.0 Å². The number of nitrogens with zero attached hydrogens (tertiary/aromatic N) is 2. The fourth-order valence-electron chi connectivity index (χ4n) is 3.33. The lowest BCUT2D eigenvalue weighted by Gasteiger charge is -2.30. The van der Waals surface area contributed by atoms with Crippen LogP contribution in [0.15, 0.2) is 42.5 Å². The maximum absolute atomic E-state index is 4.52. The van der Waals surface area contributed by atoms with E-state index in [1.165, 1.54) is 41.6 Å². The predicted octanol–water partition coefficient (Wildman–Crippen LogP) is 4.00. The van der Waals surface area contributed by atoms with Crippen LogP contribution in [0, 0.1) is 0 Å². The zero-order chi connectivity index (χ0) is 14.2. The average molecular weight is 277 g/mol. The highest BCUT2D eigenvalue weighted by atomic mass is 15.1. The topological polar surface area (TPSA) is 31.9 Å². The van der Waals surface area contributed by atoms with Gasteiger partial charge in [0.15, 0.2) is 0 Å². The number of anilines is 1. The van der Waals surface area contributed by atoms with Crippen molar-refractivity contribution in [2.45, 2.75) is 19.8 Å². The normalized spacial score (nSPS) is 14.4. The van der Waals surface area contributed by atoms with Crippen molar-refractivity contribution in [1.29, 1.82) is 0 Å². The Morgan fingerprint density at radius 1 is 1.19 bits per heavy atom. The van der Waals surface area contributed by atoms with E-state index in [0.29, 0.717) is 0 Å². The van der Waals surface area contributed by atoms with Gasteiger partial charge in [-0.3, -0.25) is 5.10 Å². The lowest BCUT2D eigenvalue weighted by atomic mass is 9.97. The van der Waals surface area contributed by atoms with E-state index in [0.717, 1.165) is 17.8 Å². The number of benzene rings is 2. The third-order valence-corrected chi connectivity index (χ3v) is 4.42. The molecule has 0 saturated heterocycles. The number of aryl methyl sites for hydroxylation is 1. The molecule has 0 atom stereocenters. The van der Waals surface area contributed by atoms with E-state index >= 15 is 0 Å². The lowest BCUT2D eigenvalue weighted by Crippen LogP contribution is -2.28. The molecule has 2 aromatic carbocycles. The Kier molecular flexibility index (Phi) is 2.92. The number of hydrogen-bond donors (Lipinski definition) is 1. The summed E-state index contributed by atoms with van der Waals surface area (Å²) < 4.78 is 0. The van der Waals surface area contributed by atoms with Gasteiger partial charge in [0.1, 0.15) is 0 Å². The van der Waals surface area contributed by atoms with Crippen molar-refractivity contribution >= 4 is 16.6 Å². The molecule has 1 aromatic heterocycles. The van der Waals surface area contributed by atoms with Crippen molar-refractivity contribution < 1.29 is 0 Å². The summed E-state index contributed by atoms with van der Waals surface area (Å²) in [5.41, 5.74) is 6.21. The van der Waals surface area contributed by atoms with E-state index in [4.69, 9.17) is 0 Å². The molecule has 3 aromatic rings. The average Bonchev–Trinajstić information content (AvgIpc) is 2.97. The summed E-state index contributed by atoms with van der Waals surface area (Å²) in [5, 5.41) is 8.84. The second-order valence-corrected chi connectivity index (χ2v) is 5.64. The molecule has 0 saturated carbocycles. The van der Waals surface area contributed by atoms with Crippen molar-refractivity contribution in [1.82, 2.24) is 10.2 Å². The van der Waals surface area contributed by atoms with Crippen LogP contribution in [-0.4, -0.2) is 23.3 Å². The number of aromatic nitrogens is 2. The summed E-state index contributed by atoms with van der Waals surface area (Å²) in [5.74, 6) is 0. The molecule has 3 heteroatoms. The first-order chi connectivity index (χ1) is 10.4. The van der Waals surface area contributed by atoms with Crippen molar-refractivity contribution in [3.8, 4) is 11.3 Å². The Hall–Kier alpha value is -2.29. The zero-order valence-corrected chi connectivity index (χ0v) is 12.3. The number of aromatic amines is 1. The van der Waals surface area contributed by atoms with Crippen LogP contribution in [0.5, 0.6) is 0 Å². The molecule has 3 nitrogen and oxygen atoms in total. The SMILES string of the molecule is CCN1CCCc2cc(-c3n[nH]c4ccccc34)ccc21. The highest BCUT2D eigenvalue weighted by Gasteiger charge is 2.17. The smallest absolute Gasteiger partial charge is 0.0999 e. The van der Waals surface area contributed by atoms with Crippen molar-refractivity contribution in [2.24, 2.45) is 0 Å². The van der Waals surface area contributed by atoms with Gasteiger partial charge in [-0.2, -0.15) is 5.10 Å². The van der Waals surface area contributed by atoms with Gasteiger partial charge < -0.3 is 4.90 Å². The Labute approximate surface area is 124 Å². The van der Waals surface area contributed by atoms with Gasteiger partial charge in [0.25, 0.3) is 0 Å². The Bertz CT molecular complexity index is 788. The molecule has 0 bridgehead atoms. The van der Waals surface area contributed by atoms with Crippen LogP contribution in [0.2, 0.25) is 0 Å². The monoisotopic (exact) mass is 277 g/mol. The molecule has 1 aliphatic heterocycles.